The van der Waals surface area contributed by atoms with E-state index in [9.17, 15) is 4.39 Å². The topological polar surface area (TPSA) is 15.3 Å². The van der Waals surface area contributed by atoms with Crippen LogP contribution in [0.25, 0.3) is 0 Å². The molecule has 4 rings (SSSR count). The molecule has 3 heterocycles. The first kappa shape index (κ1) is 13.8. The van der Waals surface area contributed by atoms with Crippen LogP contribution in [0.2, 0.25) is 0 Å². The standard InChI is InChI=1S/C17H23FN2/c1-2-14-12-20-8-7-15(14)9-17(20)11-19-10-13-3-5-16(18)6-4-13/h2-6,14-15,17,19H,1,7-12H2/t14-,15-,17+/m0/s1. The van der Waals surface area contributed by atoms with Crippen molar-refractivity contribution in [1.29, 1.82) is 0 Å². The quantitative estimate of drug-likeness (QED) is 0.831. The van der Waals surface area contributed by atoms with E-state index in [1.165, 1.54) is 38.1 Å². The number of nitrogens with zero attached hydrogens (tertiary/aromatic N) is 1. The maximum absolute atomic E-state index is 12.8. The van der Waals surface area contributed by atoms with Gasteiger partial charge in [-0.2, -0.15) is 0 Å². The van der Waals surface area contributed by atoms with Gasteiger partial charge < -0.3 is 5.32 Å². The number of fused-ring (bicyclic) bond motifs is 3. The molecule has 0 radical (unpaired) electrons. The number of hydrogen-bond acceptors (Lipinski definition) is 2. The van der Waals surface area contributed by atoms with E-state index < -0.39 is 0 Å². The molecule has 3 aliphatic rings. The van der Waals surface area contributed by atoms with E-state index in [0.717, 1.165) is 24.6 Å². The summed E-state index contributed by atoms with van der Waals surface area (Å²) in [5.41, 5.74) is 1.14. The molecule has 1 aromatic rings. The molecule has 20 heavy (non-hydrogen) atoms. The van der Waals surface area contributed by atoms with Crippen LogP contribution in [0.5, 0.6) is 0 Å². The fraction of sp³-hybridized carbons (Fsp3) is 0.529. The van der Waals surface area contributed by atoms with Gasteiger partial charge in [0.25, 0.3) is 0 Å². The average Bonchev–Trinajstić information content (AvgIpc) is 2.50. The van der Waals surface area contributed by atoms with Gasteiger partial charge in [0.05, 0.1) is 0 Å². The van der Waals surface area contributed by atoms with Crippen LogP contribution in [0.3, 0.4) is 0 Å². The van der Waals surface area contributed by atoms with E-state index in [4.69, 9.17) is 0 Å². The number of piperidine rings is 3. The summed E-state index contributed by atoms with van der Waals surface area (Å²) >= 11 is 0. The lowest BCUT2D eigenvalue weighted by Crippen LogP contribution is -2.55. The van der Waals surface area contributed by atoms with Crippen LogP contribution in [-0.4, -0.2) is 30.6 Å². The van der Waals surface area contributed by atoms with Crippen molar-refractivity contribution in [3.05, 3.63) is 48.3 Å². The summed E-state index contributed by atoms with van der Waals surface area (Å²) in [4.78, 5) is 2.60. The zero-order chi connectivity index (χ0) is 13.9. The molecule has 0 amide bonds. The highest BCUT2D eigenvalue weighted by molar-refractivity contribution is 5.15. The van der Waals surface area contributed by atoms with E-state index in [-0.39, 0.29) is 5.82 Å². The van der Waals surface area contributed by atoms with Crippen molar-refractivity contribution < 1.29 is 4.39 Å². The van der Waals surface area contributed by atoms with Crippen molar-refractivity contribution in [2.45, 2.75) is 25.4 Å². The molecule has 0 spiro atoms. The molecule has 108 valence electrons. The lowest BCUT2D eigenvalue weighted by molar-refractivity contribution is 0.0195. The summed E-state index contributed by atoms with van der Waals surface area (Å²) in [6, 6.07) is 7.41. The second-order valence-electron chi connectivity index (χ2n) is 6.09. The monoisotopic (exact) mass is 274 g/mol. The van der Waals surface area contributed by atoms with Gasteiger partial charge >= 0.3 is 0 Å². The molecule has 2 nitrogen and oxygen atoms in total. The van der Waals surface area contributed by atoms with Crippen LogP contribution in [0.1, 0.15) is 18.4 Å². The summed E-state index contributed by atoms with van der Waals surface area (Å²) in [5.74, 6) is 1.35. The summed E-state index contributed by atoms with van der Waals surface area (Å²) in [6.45, 7) is 8.22. The molecule has 3 aliphatic heterocycles. The normalized spacial score (nSPS) is 32.2. The summed E-state index contributed by atoms with van der Waals surface area (Å²) < 4.78 is 12.8. The van der Waals surface area contributed by atoms with Crippen molar-refractivity contribution in [1.82, 2.24) is 10.2 Å². The van der Waals surface area contributed by atoms with E-state index in [2.05, 4.69) is 22.9 Å². The van der Waals surface area contributed by atoms with E-state index in [1.54, 1.807) is 0 Å². The van der Waals surface area contributed by atoms with Crippen molar-refractivity contribution >= 4 is 0 Å². The molecule has 0 saturated carbocycles. The fourth-order valence-electron chi connectivity index (χ4n) is 3.64. The maximum Gasteiger partial charge on any atom is 0.123 e. The van der Waals surface area contributed by atoms with Gasteiger partial charge in [0, 0.05) is 25.7 Å². The minimum absolute atomic E-state index is 0.167. The Morgan fingerprint density at radius 2 is 2.15 bits per heavy atom. The third-order valence-corrected chi connectivity index (χ3v) is 4.85. The Kier molecular flexibility index (Phi) is 4.18. The zero-order valence-electron chi connectivity index (χ0n) is 11.9. The lowest BCUT2D eigenvalue weighted by atomic mass is 9.75. The second-order valence-corrected chi connectivity index (χ2v) is 6.09. The van der Waals surface area contributed by atoms with Gasteiger partial charge in [-0.3, -0.25) is 4.90 Å². The molecule has 3 fully saturated rings. The first-order valence-corrected chi connectivity index (χ1v) is 7.58. The molecule has 3 heteroatoms. The SMILES string of the molecule is C=C[C@H]1CN2CC[C@H]1C[C@@H]2CNCc1ccc(F)cc1. The Hall–Kier alpha value is -1.19. The van der Waals surface area contributed by atoms with Gasteiger partial charge in [-0.05, 0) is 48.9 Å². The van der Waals surface area contributed by atoms with E-state index >= 15 is 0 Å². The highest BCUT2D eigenvalue weighted by Gasteiger charge is 2.38. The molecule has 1 aromatic carbocycles. The summed E-state index contributed by atoms with van der Waals surface area (Å²) in [5, 5.41) is 3.52. The van der Waals surface area contributed by atoms with Gasteiger partial charge in [-0.1, -0.05) is 18.2 Å². The molecule has 1 unspecified atom stereocenters. The highest BCUT2D eigenvalue weighted by Crippen LogP contribution is 2.36. The van der Waals surface area contributed by atoms with Gasteiger partial charge in [0.2, 0.25) is 0 Å². The van der Waals surface area contributed by atoms with E-state index in [0.29, 0.717) is 12.0 Å². The minimum Gasteiger partial charge on any atom is -0.311 e. The van der Waals surface area contributed by atoms with Crippen molar-refractivity contribution in [2.24, 2.45) is 11.8 Å². The van der Waals surface area contributed by atoms with Gasteiger partial charge in [-0.25, -0.2) is 4.39 Å². The van der Waals surface area contributed by atoms with Crippen LogP contribution < -0.4 is 5.32 Å². The van der Waals surface area contributed by atoms with Crippen LogP contribution in [-0.2, 0) is 6.54 Å². The largest absolute Gasteiger partial charge is 0.311 e. The van der Waals surface area contributed by atoms with E-state index in [1.807, 2.05) is 12.1 Å². The number of nitrogens with one attached hydrogen (secondary N) is 1. The molecule has 3 saturated heterocycles. The molecule has 1 N–H and O–H groups in total. The number of hydrogen-bond donors (Lipinski definition) is 1. The predicted octanol–water partition coefficient (Wildman–Crippen LogP) is 2.81. The maximum atomic E-state index is 12.8. The Morgan fingerprint density at radius 3 is 2.80 bits per heavy atom. The molecular formula is C17H23FN2. The molecule has 0 aliphatic carbocycles. The Balaban J connectivity index is 1.48. The third-order valence-electron chi connectivity index (χ3n) is 4.85. The lowest BCUT2D eigenvalue weighted by Gasteiger charge is -2.49. The minimum atomic E-state index is -0.167. The van der Waals surface area contributed by atoms with Crippen molar-refractivity contribution in [2.75, 3.05) is 19.6 Å². The van der Waals surface area contributed by atoms with Crippen LogP contribution in [0.15, 0.2) is 36.9 Å². The van der Waals surface area contributed by atoms with Gasteiger partial charge in [0.15, 0.2) is 0 Å². The fourth-order valence-corrected chi connectivity index (χ4v) is 3.64. The van der Waals surface area contributed by atoms with Gasteiger partial charge in [-0.15, -0.1) is 6.58 Å². The third kappa shape index (κ3) is 2.94. The average molecular weight is 274 g/mol. The van der Waals surface area contributed by atoms with Crippen LogP contribution in [0, 0.1) is 17.7 Å². The molecule has 0 aromatic heterocycles. The number of halogens is 1. The summed E-state index contributed by atoms with van der Waals surface area (Å²) in [7, 11) is 0. The van der Waals surface area contributed by atoms with Gasteiger partial charge in [0.1, 0.15) is 5.82 Å². The first-order valence-electron chi connectivity index (χ1n) is 7.58. The summed E-state index contributed by atoms with van der Waals surface area (Å²) in [6.07, 6.45) is 4.75. The van der Waals surface area contributed by atoms with Crippen LogP contribution >= 0.6 is 0 Å². The number of rotatable bonds is 5. The molecule has 2 bridgehead atoms. The number of benzene rings is 1. The highest BCUT2D eigenvalue weighted by atomic mass is 19.1. The Labute approximate surface area is 120 Å². The molecular weight excluding hydrogens is 251 g/mol. The Bertz CT molecular complexity index is 457. The smallest absolute Gasteiger partial charge is 0.123 e. The molecule has 4 atom stereocenters. The predicted molar refractivity (Wildman–Crippen MR) is 79.9 cm³/mol. The van der Waals surface area contributed by atoms with Crippen molar-refractivity contribution in [3.8, 4) is 0 Å². The van der Waals surface area contributed by atoms with Crippen LogP contribution in [0.4, 0.5) is 4.39 Å². The second kappa shape index (κ2) is 6.06. The first-order chi connectivity index (χ1) is 9.76. The van der Waals surface area contributed by atoms with Crippen molar-refractivity contribution in [3.63, 3.8) is 0 Å². The zero-order valence-corrected chi connectivity index (χ0v) is 11.9. The Morgan fingerprint density at radius 1 is 1.35 bits per heavy atom.